The van der Waals surface area contributed by atoms with Crippen molar-refractivity contribution in [3.63, 3.8) is 0 Å². The average molecular weight is 339 g/mol. The van der Waals surface area contributed by atoms with Gasteiger partial charge in [0.25, 0.3) is 0 Å². The topological polar surface area (TPSA) is 24.9 Å². The maximum Gasteiger partial charge on any atom is 0.101 e. The highest BCUT2D eigenvalue weighted by Crippen LogP contribution is 2.68. The Kier molecular flexibility index (Phi) is 3.13. The molecular weight excluding hydrogens is 323 g/mol. The van der Waals surface area contributed by atoms with Crippen molar-refractivity contribution in [1.29, 1.82) is 0 Å². The molecule has 0 radical (unpaired) electrons. The Balaban J connectivity index is 1.81. The monoisotopic (exact) mass is 338 g/mol. The van der Waals surface area contributed by atoms with Crippen molar-refractivity contribution in [2.75, 3.05) is 13.1 Å². The van der Waals surface area contributed by atoms with Gasteiger partial charge in [-0.2, -0.15) is 0 Å². The molecule has 2 heterocycles. The predicted molar refractivity (Wildman–Crippen MR) is 88.8 cm³/mol. The van der Waals surface area contributed by atoms with Crippen LogP contribution < -0.4 is 5.32 Å². The van der Waals surface area contributed by atoms with E-state index >= 15 is 0 Å². The number of rotatable bonds is 2. The number of thiazole rings is 1. The fourth-order valence-corrected chi connectivity index (χ4v) is 5.28. The predicted octanol–water partition coefficient (Wildman–Crippen LogP) is 4.33. The van der Waals surface area contributed by atoms with Crippen molar-refractivity contribution in [2.24, 2.45) is 0 Å². The van der Waals surface area contributed by atoms with E-state index in [1.807, 2.05) is 6.07 Å². The fraction of sp³-hybridized carbons (Fsp3) is 0.438. The van der Waals surface area contributed by atoms with Crippen LogP contribution in [0.4, 0.5) is 0 Å². The third kappa shape index (κ3) is 1.91. The van der Waals surface area contributed by atoms with Gasteiger partial charge in [-0.1, -0.05) is 29.3 Å². The molecule has 4 rings (SSSR count). The molecule has 1 aromatic heterocycles. The van der Waals surface area contributed by atoms with Gasteiger partial charge < -0.3 is 5.32 Å². The van der Waals surface area contributed by atoms with E-state index in [4.69, 9.17) is 28.2 Å². The van der Waals surface area contributed by atoms with Crippen LogP contribution in [-0.4, -0.2) is 18.1 Å². The van der Waals surface area contributed by atoms with Crippen molar-refractivity contribution >= 4 is 34.5 Å². The lowest BCUT2D eigenvalue weighted by atomic mass is 9.81. The highest BCUT2D eigenvalue weighted by molar-refractivity contribution is 7.09. The van der Waals surface area contributed by atoms with Gasteiger partial charge in [-0.3, -0.25) is 0 Å². The third-order valence-electron chi connectivity index (χ3n) is 5.05. The van der Waals surface area contributed by atoms with Crippen LogP contribution in [0, 0.1) is 6.92 Å². The zero-order valence-corrected chi connectivity index (χ0v) is 14.1. The van der Waals surface area contributed by atoms with Gasteiger partial charge in [0.2, 0.25) is 0 Å². The number of aromatic nitrogens is 1. The number of nitrogens with zero attached hydrogens (tertiary/aromatic N) is 1. The van der Waals surface area contributed by atoms with Gasteiger partial charge in [0.05, 0.1) is 10.0 Å². The van der Waals surface area contributed by atoms with Crippen molar-refractivity contribution in [3.05, 3.63) is 49.9 Å². The van der Waals surface area contributed by atoms with Gasteiger partial charge in [0.1, 0.15) is 5.01 Å². The second-order valence-corrected chi connectivity index (χ2v) is 7.86. The number of piperidine rings is 1. The molecule has 1 aliphatic carbocycles. The van der Waals surface area contributed by atoms with Crippen LogP contribution in [0.25, 0.3) is 0 Å². The van der Waals surface area contributed by atoms with Crippen LogP contribution in [-0.2, 0) is 10.8 Å². The van der Waals surface area contributed by atoms with Gasteiger partial charge in [-0.05, 0) is 44.0 Å². The normalized spacial score (nSPS) is 31.0. The molecule has 1 aromatic carbocycles. The van der Waals surface area contributed by atoms with Crippen LogP contribution in [0.2, 0.25) is 10.0 Å². The summed E-state index contributed by atoms with van der Waals surface area (Å²) in [4.78, 5) is 4.78. The molecule has 0 bridgehead atoms. The van der Waals surface area contributed by atoms with E-state index in [0.717, 1.165) is 31.6 Å². The minimum absolute atomic E-state index is 0.140. The first kappa shape index (κ1) is 14.0. The van der Waals surface area contributed by atoms with E-state index in [-0.39, 0.29) is 10.8 Å². The molecule has 2 unspecified atom stereocenters. The zero-order valence-electron chi connectivity index (χ0n) is 11.7. The Hall–Kier alpha value is -0.610. The van der Waals surface area contributed by atoms with E-state index < -0.39 is 0 Å². The van der Waals surface area contributed by atoms with Gasteiger partial charge in [0.15, 0.2) is 0 Å². The molecule has 0 spiro atoms. The van der Waals surface area contributed by atoms with Crippen LogP contribution >= 0.6 is 34.5 Å². The smallest absolute Gasteiger partial charge is 0.101 e. The molecule has 1 N–H and O–H groups in total. The molecule has 2 aromatic rings. The SMILES string of the molecule is Cc1csc(C23CNCCC2(c2ccc(Cl)c(Cl)c2)C3)n1. The van der Waals surface area contributed by atoms with Crippen molar-refractivity contribution in [3.8, 4) is 0 Å². The lowest BCUT2D eigenvalue weighted by molar-refractivity contribution is 0.400. The van der Waals surface area contributed by atoms with E-state index in [2.05, 4.69) is 29.8 Å². The molecule has 2 fully saturated rings. The summed E-state index contributed by atoms with van der Waals surface area (Å²) >= 11 is 14.1. The van der Waals surface area contributed by atoms with Crippen molar-refractivity contribution < 1.29 is 0 Å². The molecule has 1 saturated heterocycles. The molecule has 0 amide bonds. The van der Waals surface area contributed by atoms with Gasteiger partial charge in [-0.25, -0.2) is 4.98 Å². The third-order valence-corrected chi connectivity index (χ3v) is 6.95. The van der Waals surface area contributed by atoms with E-state index in [1.165, 1.54) is 10.6 Å². The molecule has 1 saturated carbocycles. The summed E-state index contributed by atoms with van der Waals surface area (Å²) in [5, 5.41) is 8.24. The molecule has 21 heavy (non-hydrogen) atoms. The second kappa shape index (κ2) is 4.69. The highest BCUT2D eigenvalue weighted by Gasteiger charge is 2.70. The van der Waals surface area contributed by atoms with Crippen LogP contribution in [0.5, 0.6) is 0 Å². The molecule has 1 aliphatic heterocycles. The quantitative estimate of drug-likeness (QED) is 0.881. The molecule has 5 heteroatoms. The highest BCUT2D eigenvalue weighted by atomic mass is 35.5. The van der Waals surface area contributed by atoms with E-state index in [1.54, 1.807) is 11.3 Å². The van der Waals surface area contributed by atoms with Crippen LogP contribution in [0.3, 0.4) is 0 Å². The van der Waals surface area contributed by atoms with Crippen molar-refractivity contribution in [2.45, 2.75) is 30.6 Å². The zero-order chi connectivity index (χ0) is 14.7. The maximum absolute atomic E-state index is 6.25. The summed E-state index contributed by atoms with van der Waals surface area (Å²) in [5.74, 6) is 0. The summed E-state index contributed by atoms with van der Waals surface area (Å²) in [6.45, 7) is 4.11. The molecule has 2 aliphatic rings. The number of fused-ring (bicyclic) bond motifs is 1. The molecule has 110 valence electrons. The Labute approximate surface area is 138 Å². The summed E-state index contributed by atoms with van der Waals surface area (Å²) < 4.78 is 0. The lowest BCUT2D eigenvalue weighted by Crippen LogP contribution is -2.41. The standard InChI is InChI=1S/C16H16Cl2N2S/c1-10-7-21-14(20-10)16-8-15(16,4-5-19-9-16)11-2-3-12(17)13(18)6-11/h2-3,6-7,19H,4-5,8-9H2,1H3. The number of hydrogen-bond acceptors (Lipinski definition) is 3. The van der Waals surface area contributed by atoms with Gasteiger partial charge in [-0.15, -0.1) is 11.3 Å². The van der Waals surface area contributed by atoms with Gasteiger partial charge >= 0.3 is 0 Å². The Morgan fingerprint density at radius 1 is 1.24 bits per heavy atom. The molecule has 2 nitrogen and oxygen atoms in total. The number of benzene rings is 1. The largest absolute Gasteiger partial charge is 0.316 e. The minimum atomic E-state index is 0.140. The Morgan fingerprint density at radius 3 is 2.81 bits per heavy atom. The first-order valence-electron chi connectivity index (χ1n) is 7.16. The van der Waals surface area contributed by atoms with Crippen LogP contribution in [0.15, 0.2) is 23.6 Å². The minimum Gasteiger partial charge on any atom is -0.316 e. The number of halogens is 2. The summed E-state index contributed by atoms with van der Waals surface area (Å²) in [6.07, 6.45) is 2.28. The van der Waals surface area contributed by atoms with Crippen LogP contribution in [0.1, 0.15) is 29.1 Å². The van der Waals surface area contributed by atoms with E-state index in [9.17, 15) is 0 Å². The molecular formula is C16H16Cl2N2S. The summed E-state index contributed by atoms with van der Waals surface area (Å²) in [6, 6.07) is 6.12. The molecule has 2 atom stereocenters. The van der Waals surface area contributed by atoms with E-state index in [0.29, 0.717) is 10.0 Å². The number of aryl methyl sites for hydroxylation is 1. The van der Waals surface area contributed by atoms with Gasteiger partial charge in [0, 0.05) is 28.4 Å². The lowest BCUT2D eigenvalue weighted by Gasteiger charge is -2.30. The maximum atomic E-state index is 6.25. The fourth-order valence-electron chi connectivity index (χ4n) is 3.88. The average Bonchev–Trinajstić information content (AvgIpc) is 3.01. The number of nitrogens with one attached hydrogen (secondary N) is 1. The Bertz CT molecular complexity index is 714. The Morgan fingerprint density at radius 2 is 2.10 bits per heavy atom. The second-order valence-electron chi connectivity index (χ2n) is 6.19. The first-order chi connectivity index (χ1) is 10.1. The summed E-state index contributed by atoms with van der Waals surface area (Å²) in [7, 11) is 0. The number of hydrogen-bond donors (Lipinski definition) is 1. The summed E-state index contributed by atoms with van der Waals surface area (Å²) in [5.41, 5.74) is 2.74. The first-order valence-corrected chi connectivity index (χ1v) is 8.80. The van der Waals surface area contributed by atoms with Crippen molar-refractivity contribution in [1.82, 2.24) is 10.3 Å².